The van der Waals surface area contributed by atoms with E-state index in [0.29, 0.717) is 28.8 Å². The second-order valence-corrected chi connectivity index (χ2v) is 6.67. The van der Waals surface area contributed by atoms with Crippen molar-refractivity contribution in [2.45, 2.75) is 6.54 Å². The molecule has 0 bridgehead atoms. The summed E-state index contributed by atoms with van der Waals surface area (Å²) in [6, 6.07) is 20.0. The average Bonchev–Trinajstić information content (AvgIpc) is 3.27. The predicted octanol–water partition coefficient (Wildman–Crippen LogP) is 5.06. The lowest BCUT2D eigenvalue weighted by Crippen LogP contribution is -2.22. The molecule has 6 nitrogen and oxygen atoms in total. The van der Waals surface area contributed by atoms with Gasteiger partial charge < -0.3 is 15.1 Å². The van der Waals surface area contributed by atoms with Crippen LogP contribution in [0.5, 0.6) is 0 Å². The van der Waals surface area contributed by atoms with Crippen LogP contribution in [0, 0.1) is 0 Å². The molecule has 2 aromatic heterocycles. The van der Waals surface area contributed by atoms with E-state index in [9.17, 15) is 4.79 Å². The zero-order valence-corrected chi connectivity index (χ0v) is 16.1. The second-order valence-electron chi connectivity index (χ2n) is 6.24. The smallest absolute Gasteiger partial charge is 0.251 e. The SMILES string of the molecule is O=C(NCc1ccco1)c1ccc(Nc2nccc(-c3ccc(Cl)cc3)n2)cc1. The molecule has 0 unspecified atom stereocenters. The number of furan rings is 1. The van der Waals surface area contributed by atoms with Crippen LogP contribution in [0.25, 0.3) is 11.3 Å². The van der Waals surface area contributed by atoms with Crippen molar-refractivity contribution < 1.29 is 9.21 Å². The van der Waals surface area contributed by atoms with Crippen molar-refractivity contribution in [1.29, 1.82) is 0 Å². The number of benzene rings is 2. The quantitative estimate of drug-likeness (QED) is 0.469. The Balaban J connectivity index is 1.41. The number of hydrogen-bond acceptors (Lipinski definition) is 5. The Morgan fingerprint density at radius 3 is 2.52 bits per heavy atom. The Morgan fingerprint density at radius 2 is 1.79 bits per heavy atom. The van der Waals surface area contributed by atoms with Gasteiger partial charge in [-0.3, -0.25) is 4.79 Å². The number of carbonyl (C=O) groups excluding carboxylic acids is 1. The third-order valence-electron chi connectivity index (χ3n) is 4.20. The van der Waals surface area contributed by atoms with E-state index in [0.717, 1.165) is 16.9 Å². The number of amides is 1. The molecule has 0 saturated heterocycles. The molecule has 4 rings (SSSR count). The van der Waals surface area contributed by atoms with Crippen molar-refractivity contribution in [3.8, 4) is 11.3 Å². The summed E-state index contributed by atoms with van der Waals surface area (Å²) in [7, 11) is 0. The molecule has 0 aliphatic carbocycles. The molecule has 0 saturated carbocycles. The van der Waals surface area contributed by atoms with Gasteiger partial charge in [-0.1, -0.05) is 23.7 Å². The lowest BCUT2D eigenvalue weighted by Gasteiger charge is -2.08. The lowest BCUT2D eigenvalue weighted by molar-refractivity contribution is 0.0948. The number of anilines is 2. The van der Waals surface area contributed by atoms with Gasteiger partial charge in [-0.25, -0.2) is 9.97 Å². The fourth-order valence-electron chi connectivity index (χ4n) is 2.72. The van der Waals surface area contributed by atoms with Gasteiger partial charge in [-0.15, -0.1) is 0 Å². The zero-order chi connectivity index (χ0) is 20.1. The van der Waals surface area contributed by atoms with Crippen molar-refractivity contribution in [1.82, 2.24) is 15.3 Å². The molecule has 7 heteroatoms. The van der Waals surface area contributed by atoms with Crippen LogP contribution in [0.3, 0.4) is 0 Å². The minimum absolute atomic E-state index is 0.172. The van der Waals surface area contributed by atoms with Crippen LogP contribution in [0.15, 0.2) is 83.6 Å². The first-order valence-electron chi connectivity index (χ1n) is 8.94. The minimum Gasteiger partial charge on any atom is -0.467 e. The molecular formula is C22H17ClN4O2. The summed E-state index contributed by atoms with van der Waals surface area (Å²) in [5.74, 6) is 0.996. The first-order chi connectivity index (χ1) is 14.2. The number of carbonyl (C=O) groups is 1. The van der Waals surface area contributed by atoms with E-state index in [2.05, 4.69) is 20.6 Å². The summed E-state index contributed by atoms with van der Waals surface area (Å²) < 4.78 is 5.21. The van der Waals surface area contributed by atoms with Crippen molar-refractivity contribution in [3.05, 3.63) is 95.5 Å². The van der Waals surface area contributed by atoms with Gasteiger partial charge in [0, 0.05) is 28.0 Å². The third kappa shape index (κ3) is 4.80. The highest BCUT2D eigenvalue weighted by Crippen LogP contribution is 2.21. The highest BCUT2D eigenvalue weighted by Gasteiger charge is 2.07. The molecule has 0 aliphatic heterocycles. The number of halogens is 1. The van der Waals surface area contributed by atoms with Crippen LogP contribution in [-0.2, 0) is 6.54 Å². The molecular weight excluding hydrogens is 388 g/mol. The number of nitrogens with one attached hydrogen (secondary N) is 2. The fraction of sp³-hybridized carbons (Fsp3) is 0.0455. The summed E-state index contributed by atoms with van der Waals surface area (Å²) >= 11 is 5.94. The standard InChI is InChI=1S/C22H17ClN4O2/c23-17-7-3-15(4-8-17)20-11-12-24-22(27-20)26-18-9-5-16(6-10-18)21(28)25-14-19-2-1-13-29-19/h1-13H,14H2,(H,25,28)(H,24,26,27). The van der Waals surface area contributed by atoms with Crippen LogP contribution < -0.4 is 10.6 Å². The van der Waals surface area contributed by atoms with Gasteiger partial charge in [0.15, 0.2) is 0 Å². The van der Waals surface area contributed by atoms with Crippen molar-refractivity contribution >= 4 is 29.1 Å². The number of aromatic nitrogens is 2. The van der Waals surface area contributed by atoms with Crippen molar-refractivity contribution in [3.63, 3.8) is 0 Å². The molecule has 0 aliphatic rings. The average molecular weight is 405 g/mol. The largest absolute Gasteiger partial charge is 0.467 e. The molecule has 29 heavy (non-hydrogen) atoms. The van der Waals surface area contributed by atoms with Gasteiger partial charge in [0.25, 0.3) is 5.91 Å². The summed E-state index contributed by atoms with van der Waals surface area (Å²) in [6.45, 7) is 0.344. The van der Waals surface area contributed by atoms with Crippen LogP contribution in [0.1, 0.15) is 16.1 Å². The number of hydrogen-bond donors (Lipinski definition) is 2. The van der Waals surface area contributed by atoms with E-state index in [-0.39, 0.29) is 5.91 Å². The topological polar surface area (TPSA) is 80.0 Å². The molecule has 1 amide bonds. The van der Waals surface area contributed by atoms with Gasteiger partial charge in [0.05, 0.1) is 18.5 Å². The van der Waals surface area contributed by atoms with E-state index in [4.69, 9.17) is 16.0 Å². The maximum atomic E-state index is 12.2. The van der Waals surface area contributed by atoms with Gasteiger partial charge in [0.2, 0.25) is 5.95 Å². The Labute approximate surface area is 172 Å². The maximum absolute atomic E-state index is 12.2. The molecule has 0 fully saturated rings. The Kier molecular flexibility index (Phi) is 5.54. The highest BCUT2D eigenvalue weighted by molar-refractivity contribution is 6.30. The molecule has 0 radical (unpaired) electrons. The molecule has 0 atom stereocenters. The Morgan fingerprint density at radius 1 is 1.00 bits per heavy atom. The van der Waals surface area contributed by atoms with Crippen LogP contribution in [0.2, 0.25) is 5.02 Å². The molecule has 144 valence electrons. The van der Waals surface area contributed by atoms with Gasteiger partial charge in [-0.2, -0.15) is 0 Å². The van der Waals surface area contributed by atoms with Crippen LogP contribution in [0.4, 0.5) is 11.6 Å². The molecule has 4 aromatic rings. The van der Waals surface area contributed by atoms with Crippen LogP contribution in [-0.4, -0.2) is 15.9 Å². The summed E-state index contributed by atoms with van der Waals surface area (Å²) in [5, 5.41) is 6.64. The predicted molar refractivity (Wildman–Crippen MR) is 112 cm³/mol. The fourth-order valence-corrected chi connectivity index (χ4v) is 2.84. The van der Waals surface area contributed by atoms with E-state index < -0.39 is 0 Å². The zero-order valence-electron chi connectivity index (χ0n) is 15.3. The number of nitrogens with zero attached hydrogens (tertiary/aromatic N) is 2. The van der Waals surface area contributed by atoms with E-state index in [1.54, 1.807) is 42.8 Å². The molecule has 0 spiro atoms. The van der Waals surface area contributed by atoms with Gasteiger partial charge in [0.1, 0.15) is 5.76 Å². The van der Waals surface area contributed by atoms with E-state index >= 15 is 0 Å². The number of rotatable bonds is 6. The first kappa shape index (κ1) is 18.7. The maximum Gasteiger partial charge on any atom is 0.251 e. The van der Waals surface area contributed by atoms with Crippen molar-refractivity contribution in [2.24, 2.45) is 0 Å². The third-order valence-corrected chi connectivity index (χ3v) is 4.45. The Hall–Kier alpha value is -3.64. The normalized spacial score (nSPS) is 10.5. The summed E-state index contributed by atoms with van der Waals surface area (Å²) in [5.41, 5.74) is 3.07. The van der Waals surface area contributed by atoms with Gasteiger partial charge >= 0.3 is 0 Å². The molecule has 2 N–H and O–H groups in total. The summed E-state index contributed by atoms with van der Waals surface area (Å²) in [4.78, 5) is 21.0. The summed E-state index contributed by atoms with van der Waals surface area (Å²) in [6.07, 6.45) is 3.27. The minimum atomic E-state index is -0.172. The van der Waals surface area contributed by atoms with Crippen LogP contribution >= 0.6 is 11.6 Å². The highest BCUT2D eigenvalue weighted by atomic mass is 35.5. The van der Waals surface area contributed by atoms with E-state index in [1.807, 2.05) is 36.4 Å². The Bertz CT molecular complexity index is 1090. The first-order valence-corrected chi connectivity index (χ1v) is 9.32. The molecule has 2 heterocycles. The van der Waals surface area contributed by atoms with Gasteiger partial charge in [-0.05, 0) is 54.6 Å². The van der Waals surface area contributed by atoms with E-state index in [1.165, 1.54) is 0 Å². The lowest BCUT2D eigenvalue weighted by atomic mass is 10.1. The monoisotopic (exact) mass is 404 g/mol. The molecule has 2 aromatic carbocycles. The van der Waals surface area contributed by atoms with Crippen molar-refractivity contribution in [2.75, 3.05) is 5.32 Å². The second kappa shape index (κ2) is 8.58.